The molecule has 0 spiro atoms. The van der Waals surface area contributed by atoms with Gasteiger partial charge in [0.15, 0.2) is 0 Å². The third-order valence-electron chi connectivity index (χ3n) is 2.69. The van der Waals surface area contributed by atoms with Gasteiger partial charge in [0.05, 0.1) is 0 Å². The number of unbranched alkanes of at least 4 members (excludes halogenated alkanes) is 2. The Bertz CT molecular complexity index is 376. The maximum atomic E-state index is 11.5. The topological polar surface area (TPSA) is 57.6 Å². The van der Waals surface area contributed by atoms with Crippen LogP contribution in [-0.2, 0) is 16.0 Å². The van der Waals surface area contributed by atoms with E-state index < -0.39 is 5.97 Å². The number of hydrogen-bond acceptors (Lipinski definition) is 3. The molecule has 0 saturated carbocycles. The first-order chi connectivity index (χ1) is 8.59. The highest BCUT2D eigenvalue weighted by Gasteiger charge is 2.11. The molecule has 0 atom stereocenters. The molecule has 0 aromatic carbocycles. The molecule has 0 bridgehead atoms. The minimum atomic E-state index is -0.969. The van der Waals surface area contributed by atoms with Crippen LogP contribution in [0.2, 0.25) is 0 Å². The Morgan fingerprint density at radius 3 is 2.72 bits per heavy atom. The molecule has 1 N–H and O–H groups in total. The number of aryl methyl sites for hydroxylation is 1. The third-order valence-corrected chi connectivity index (χ3v) is 3.63. The van der Waals surface area contributed by atoms with Gasteiger partial charge in [-0.05, 0) is 30.7 Å². The third kappa shape index (κ3) is 5.82. The number of thiophene rings is 1. The molecular formula is C13H19NO3S. The number of likely N-dealkylation sites (N-methyl/N-ethyl adjacent to an activating group) is 1. The van der Waals surface area contributed by atoms with Gasteiger partial charge in [-0.25, -0.2) is 0 Å². The number of carboxylic acids is 1. The van der Waals surface area contributed by atoms with Crippen molar-refractivity contribution in [2.75, 3.05) is 13.6 Å². The molecule has 18 heavy (non-hydrogen) atoms. The van der Waals surface area contributed by atoms with E-state index in [2.05, 4.69) is 11.4 Å². The zero-order valence-corrected chi connectivity index (χ0v) is 11.4. The van der Waals surface area contributed by atoms with Crippen LogP contribution in [0.4, 0.5) is 0 Å². The van der Waals surface area contributed by atoms with Crippen molar-refractivity contribution in [3.8, 4) is 0 Å². The lowest BCUT2D eigenvalue weighted by Gasteiger charge is -2.14. The lowest BCUT2D eigenvalue weighted by atomic mass is 10.1. The molecule has 0 fully saturated rings. The lowest BCUT2D eigenvalue weighted by molar-refractivity contribution is -0.143. The van der Waals surface area contributed by atoms with Gasteiger partial charge in [-0.2, -0.15) is 0 Å². The maximum absolute atomic E-state index is 11.5. The summed E-state index contributed by atoms with van der Waals surface area (Å²) in [5, 5.41) is 10.6. The molecule has 1 amide bonds. The van der Waals surface area contributed by atoms with Crippen LogP contribution in [0.15, 0.2) is 17.5 Å². The summed E-state index contributed by atoms with van der Waals surface area (Å²) in [5.41, 5.74) is 0. The van der Waals surface area contributed by atoms with Gasteiger partial charge in [0.25, 0.3) is 0 Å². The van der Waals surface area contributed by atoms with Gasteiger partial charge in [-0.1, -0.05) is 12.5 Å². The summed E-state index contributed by atoms with van der Waals surface area (Å²) in [5.74, 6) is -1.06. The first kappa shape index (κ1) is 14.7. The number of nitrogens with zero attached hydrogens (tertiary/aromatic N) is 1. The van der Waals surface area contributed by atoms with Crippen LogP contribution >= 0.6 is 11.3 Å². The molecule has 0 aliphatic rings. The van der Waals surface area contributed by atoms with Gasteiger partial charge in [0.1, 0.15) is 6.54 Å². The predicted molar refractivity (Wildman–Crippen MR) is 71.8 cm³/mol. The van der Waals surface area contributed by atoms with Crippen molar-refractivity contribution < 1.29 is 14.7 Å². The zero-order chi connectivity index (χ0) is 13.4. The molecule has 100 valence electrons. The highest BCUT2D eigenvalue weighted by atomic mass is 32.1. The van der Waals surface area contributed by atoms with Crippen LogP contribution in [0, 0.1) is 0 Å². The second-order valence-electron chi connectivity index (χ2n) is 4.28. The average molecular weight is 269 g/mol. The van der Waals surface area contributed by atoms with Gasteiger partial charge in [0, 0.05) is 18.3 Å². The molecule has 5 heteroatoms. The Kier molecular flexibility index (Phi) is 6.43. The Labute approximate surface area is 111 Å². The molecule has 0 radical (unpaired) electrons. The molecular weight excluding hydrogens is 250 g/mol. The Hall–Kier alpha value is -1.36. The van der Waals surface area contributed by atoms with Gasteiger partial charge < -0.3 is 10.0 Å². The number of amides is 1. The largest absolute Gasteiger partial charge is 0.480 e. The van der Waals surface area contributed by atoms with E-state index in [9.17, 15) is 9.59 Å². The van der Waals surface area contributed by atoms with Crippen molar-refractivity contribution in [3.63, 3.8) is 0 Å². The quantitative estimate of drug-likeness (QED) is 0.737. The summed E-state index contributed by atoms with van der Waals surface area (Å²) in [6.07, 6.45) is 4.42. The maximum Gasteiger partial charge on any atom is 0.323 e. The Balaban J connectivity index is 2.06. The molecule has 0 saturated heterocycles. The van der Waals surface area contributed by atoms with E-state index in [-0.39, 0.29) is 12.5 Å². The smallest absolute Gasteiger partial charge is 0.323 e. The first-order valence-corrected chi connectivity index (χ1v) is 6.95. The Morgan fingerprint density at radius 1 is 1.33 bits per heavy atom. The lowest BCUT2D eigenvalue weighted by Crippen LogP contribution is -2.31. The van der Waals surface area contributed by atoms with Crippen LogP contribution in [0.25, 0.3) is 0 Å². The van der Waals surface area contributed by atoms with E-state index in [1.807, 2.05) is 6.07 Å². The molecule has 1 heterocycles. The summed E-state index contributed by atoms with van der Waals surface area (Å²) in [6.45, 7) is -0.214. The summed E-state index contributed by atoms with van der Waals surface area (Å²) >= 11 is 1.76. The number of aliphatic carboxylic acids is 1. The van der Waals surface area contributed by atoms with Crippen LogP contribution < -0.4 is 0 Å². The highest BCUT2D eigenvalue weighted by molar-refractivity contribution is 7.09. The van der Waals surface area contributed by atoms with E-state index in [0.717, 1.165) is 25.7 Å². The number of carbonyl (C=O) groups is 2. The zero-order valence-electron chi connectivity index (χ0n) is 10.6. The fourth-order valence-electron chi connectivity index (χ4n) is 1.69. The second-order valence-corrected chi connectivity index (χ2v) is 5.32. The minimum Gasteiger partial charge on any atom is -0.480 e. The first-order valence-electron chi connectivity index (χ1n) is 6.07. The fraction of sp³-hybridized carbons (Fsp3) is 0.538. The van der Waals surface area contributed by atoms with E-state index in [1.54, 1.807) is 11.3 Å². The van der Waals surface area contributed by atoms with Crippen LogP contribution in [-0.4, -0.2) is 35.5 Å². The number of hydrogen-bond donors (Lipinski definition) is 1. The van der Waals surface area contributed by atoms with E-state index in [1.165, 1.54) is 16.8 Å². The van der Waals surface area contributed by atoms with E-state index in [0.29, 0.717) is 6.42 Å². The normalized spacial score (nSPS) is 10.3. The van der Waals surface area contributed by atoms with Gasteiger partial charge >= 0.3 is 5.97 Å². The highest BCUT2D eigenvalue weighted by Crippen LogP contribution is 2.13. The summed E-state index contributed by atoms with van der Waals surface area (Å²) in [4.78, 5) is 24.6. The van der Waals surface area contributed by atoms with Gasteiger partial charge in [-0.15, -0.1) is 11.3 Å². The van der Waals surface area contributed by atoms with Crippen molar-refractivity contribution in [2.24, 2.45) is 0 Å². The van der Waals surface area contributed by atoms with Crippen LogP contribution in [0.1, 0.15) is 30.6 Å². The van der Waals surface area contributed by atoms with Crippen molar-refractivity contribution in [3.05, 3.63) is 22.4 Å². The van der Waals surface area contributed by atoms with Crippen molar-refractivity contribution >= 4 is 23.2 Å². The van der Waals surface area contributed by atoms with E-state index >= 15 is 0 Å². The molecule has 0 unspecified atom stereocenters. The molecule has 0 aliphatic carbocycles. The number of rotatable bonds is 8. The molecule has 1 aromatic heterocycles. The van der Waals surface area contributed by atoms with Crippen molar-refractivity contribution in [1.29, 1.82) is 0 Å². The summed E-state index contributed by atoms with van der Waals surface area (Å²) in [6, 6.07) is 4.17. The summed E-state index contributed by atoms with van der Waals surface area (Å²) < 4.78 is 0. The summed E-state index contributed by atoms with van der Waals surface area (Å²) in [7, 11) is 1.53. The Morgan fingerprint density at radius 2 is 2.11 bits per heavy atom. The molecule has 1 rings (SSSR count). The molecule has 1 aromatic rings. The van der Waals surface area contributed by atoms with Crippen molar-refractivity contribution in [2.45, 2.75) is 32.1 Å². The minimum absolute atomic E-state index is 0.0893. The van der Waals surface area contributed by atoms with Crippen LogP contribution in [0.3, 0.4) is 0 Å². The number of carboxylic acid groups (broad SMARTS) is 1. The molecule has 0 aliphatic heterocycles. The fourth-order valence-corrected chi connectivity index (χ4v) is 2.44. The number of carbonyl (C=O) groups excluding carboxylic acids is 1. The average Bonchev–Trinajstić information content (AvgIpc) is 2.80. The monoisotopic (exact) mass is 269 g/mol. The second kappa shape index (κ2) is 7.87. The SMILES string of the molecule is CN(CC(=O)O)C(=O)CCCCCc1cccs1. The van der Waals surface area contributed by atoms with Gasteiger partial charge in [-0.3, -0.25) is 9.59 Å². The van der Waals surface area contributed by atoms with Crippen LogP contribution in [0.5, 0.6) is 0 Å². The van der Waals surface area contributed by atoms with E-state index in [4.69, 9.17) is 5.11 Å². The van der Waals surface area contributed by atoms with Gasteiger partial charge in [0.2, 0.25) is 5.91 Å². The van der Waals surface area contributed by atoms with Crippen molar-refractivity contribution in [1.82, 2.24) is 4.90 Å². The standard InChI is InChI=1S/C13H19NO3S/c1-14(10-13(16)17)12(15)8-4-2-3-6-11-7-5-9-18-11/h5,7,9H,2-4,6,8,10H2,1H3,(H,16,17). The predicted octanol–water partition coefficient (Wildman–Crippen LogP) is 2.39. The molecule has 4 nitrogen and oxygen atoms in total.